The van der Waals surface area contributed by atoms with Crippen molar-refractivity contribution in [2.75, 3.05) is 0 Å². The maximum Gasteiger partial charge on any atom is 0.303 e. The number of hydrogen-bond donors (Lipinski definition) is 2. The summed E-state index contributed by atoms with van der Waals surface area (Å²) in [6, 6.07) is 0. The average molecular weight is 501 g/mol. The van der Waals surface area contributed by atoms with Gasteiger partial charge in [0.05, 0.1) is 12.7 Å². The highest BCUT2D eigenvalue weighted by Crippen LogP contribution is 2.71. The van der Waals surface area contributed by atoms with Gasteiger partial charge in [-0.3, -0.25) is 14.4 Å². The van der Waals surface area contributed by atoms with Gasteiger partial charge < -0.3 is 10.2 Å². The highest BCUT2D eigenvalue weighted by Gasteiger charge is 2.67. The average Bonchev–Trinajstić information content (AvgIpc) is 2.84. The van der Waals surface area contributed by atoms with Crippen LogP contribution >= 0.6 is 0 Å². The Morgan fingerprint density at radius 3 is 2.25 bits per heavy atom. The van der Waals surface area contributed by atoms with Gasteiger partial charge in [0.2, 0.25) is 0 Å². The molecule has 5 aliphatic carbocycles. The number of carbonyl (C=O) groups is 3. The van der Waals surface area contributed by atoms with Gasteiger partial charge in [0.1, 0.15) is 5.78 Å². The highest BCUT2D eigenvalue weighted by atomic mass is 16.4. The first kappa shape index (κ1) is 27.4. The second kappa shape index (κ2) is 9.58. The zero-order valence-electron chi connectivity index (χ0n) is 23.3. The van der Waals surface area contributed by atoms with Gasteiger partial charge >= 0.3 is 5.97 Å². The molecule has 0 spiro atoms. The molecule has 0 aromatic carbocycles. The second-order valence-corrected chi connectivity index (χ2v) is 13.5. The van der Waals surface area contributed by atoms with Crippen LogP contribution in [0.5, 0.6) is 0 Å². The van der Waals surface area contributed by atoms with Crippen LogP contribution in [0.4, 0.5) is 0 Å². The van der Waals surface area contributed by atoms with Gasteiger partial charge in [-0.15, -0.1) is 0 Å². The molecule has 5 saturated carbocycles. The molecule has 0 bridgehead atoms. The van der Waals surface area contributed by atoms with Crippen molar-refractivity contribution in [3.8, 4) is 0 Å². The fourth-order valence-corrected chi connectivity index (χ4v) is 10.4. The summed E-state index contributed by atoms with van der Waals surface area (Å²) in [6.07, 6.45) is 9.19. The van der Waals surface area contributed by atoms with Crippen molar-refractivity contribution in [1.82, 2.24) is 0 Å². The van der Waals surface area contributed by atoms with Gasteiger partial charge in [0.15, 0.2) is 5.78 Å². The van der Waals surface area contributed by atoms with Crippen LogP contribution in [0.3, 0.4) is 0 Å². The summed E-state index contributed by atoms with van der Waals surface area (Å²) >= 11 is 0. The molecule has 5 aliphatic rings. The third kappa shape index (κ3) is 3.89. The molecular formula is C31H48O5. The van der Waals surface area contributed by atoms with Gasteiger partial charge in [0.25, 0.3) is 0 Å². The van der Waals surface area contributed by atoms with Crippen molar-refractivity contribution in [2.45, 2.75) is 106 Å². The predicted molar refractivity (Wildman–Crippen MR) is 140 cm³/mol. The number of aliphatic hydroxyl groups is 1. The molecule has 2 N–H and O–H groups in total. The van der Waals surface area contributed by atoms with E-state index in [9.17, 15) is 24.6 Å². The molecule has 202 valence electrons. The zero-order valence-corrected chi connectivity index (χ0v) is 23.3. The van der Waals surface area contributed by atoms with Gasteiger partial charge in [-0.2, -0.15) is 0 Å². The number of allylic oxidation sites excluding steroid dienone is 1. The van der Waals surface area contributed by atoms with Crippen LogP contribution in [0.25, 0.3) is 0 Å². The SMILES string of the molecule is CC.CC1CCC2(CC(=O)O)CCC3C(C(=O)CC4C5(C)C/C(=C/O)C(=O)C(C)C5CCC34C)C2C1. The Hall–Kier alpha value is -1.65. The van der Waals surface area contributed by atoms with E-state index in [-0.39, 0.29) is 58.0 Å². The highest BCUT2D eigenvalue weighted by molar-refractivity contribution is 5.98. The largest absolute Gasteiger partial charge is 0.515 e. The first-order valence-electron chi connectivity index (χ1n) is 14.6. The molecule has 36 heavy (non-hydrogen) atoms. The van der Waals surface area contributed by atoms with E-state index in [1.54, 1.807) is 0 Å². The summed E-state index contributed by atoms with van der Waals surface area (Å²) in [5.74, 6) is 1.02. The van der Waals surface area contributed by atoms with Crippen LogP contribution in [0.1, 0.15) is 106 Å². The summed E-state index contributed by atoms with van der Waals surface area (Å²) in [6.45, 7) is 13.0. The monoisotopic (exact) mass is 500 g/mol. The first-order chi connectivity index (χ1) is 17.0. The molecule has 5 nitrogen and oxygen atoms in total. The predicted octanol–water partition coefficient (Wildman–Crippen LogP) is 7.00. The van der Waals surface area contributed by atoms with E-state index < -0.39 is 5.97 Å². The molecule has 0 saturated heterocycles. The topological polar surface area (TPSA) is 91.7 Å². The summed E-state index contributed by atoms with van der Waals surface area (Å²) in [5.41, 5.74) is 0.138. The minimum atomic E-state index is -0.720. The fourth-order valence-electron chi connectivity index (χ4n) is 10.4. The molecule has 10 atom stereocenters. The Kier molecular flexibility index (Phi) is 7.29. The Morgan fingerprint density at radius 2 is 1.61 bits per heavy atom. The van der Waals surface area contributed by atoms with Crippen molar-refractivity contribution in [2.24, 2.45) is 57.7 Å². The minimum absolute atomic E-state index is 0.0145. The number of Topliss-reactive ketones (excluding diaryl/α,β-unsaturated/α-hetero) is 2. The third-order valence-corrected chi connectivity index (χ3v) is 12.0. The molecule has 5 rings (SSSR count). The standard InChI is InChI=1S/C29H42O5.C2H6/c1-16-5-9-29(14-24(32)33)10-7-20-25(21(29)11-16)22(31)12-23-27(20,3)8-6-19-17(2)26(34)18(15-30)13-28(19,23)4;1-2/h15-17,19-21,23,25,30H,5-14H2,1-4H3,(H,32,33);1-2H3/b18-15-;. The van der Waals surface area contributed by atoms with E-state index in [2.05, 4.69) is 20.8 Å². The third-order valence-electron chi connectivity index (χ3n) is 12.0. The normalized spacial score (nSPS) is 49.1. The number of hydrogen-bond acceptors (Lipinski definition) is 4. The van der Waals surface area contributed by atoms with E-state index in [1.165, 1.54) is 0 Å². The molecule has 0 heterocycles. The molecular weight excluding hydrogens is 452 g/mol. The van der Waals surface area contributed by atoms with Crippen LogP contribution in [0, 0.1) is 57.7 Å². The van der Waals surface area contributed by atoms with Gasteiger partial charge in [-0.1, -0.05) is 48.0 Å². The maximum atomic E-state index is 14.1. The summed E-state index contributed by atoms with van der Waals surface area (Å²) in [5, 5.41) is 19.6. The lowest BCUT2D eigenvalue weighted by Gasteiger charge is -2.67. The lowest BCUT2D eigenvalue weighted by molar-refractivity contribution is -0.194. The molecule has 10 unspecified atom stereocenters. The molecule has 5 heteroatoms. The number of carboxylic acids is 1. The van der Waals surface area contributed by atoms with Crippen LogP contribution in [0.2, 0.25) is 0 Å². The number of ketones is 2. The van der Waals surface area contributed by atoms with E-state index in [0.29, 0.717) is 36.0 Å². The van der Waals surface area contributed by atoms with Crippen LogP contribution in [-0.2, 0) is 14.4 Å². The van der Waals surface area contributed by atoms with Gasteiger partial charge in [-0.05, 0) is 90.8 Å². The van der Waals surface area contributed by atoms with Crippen molar-refractivity contribution in [3.63, 3.8) is 0 Å². The Labute approximate surface area is 217 Å². The molecule has 0 radical (unpaired) electrons. The Bertz CT molecular complexity index is 937. The van der Waals surface area contributed by atoms with E-state index in [1.807, 2.05) is 20.8 Å². The minimum Gasteiger partial charge on any atom is -0.515 e. The van der Waals surface area contributed by atoms with Gasteiger partial charge in [0, 0.05) is 23.8 Å². The Balaban J connectivity index is 0.00000148. The van der Waals surface area contributed by atoms with E-state index >= 15 is 0 Å². The number of aliphatic carboxylic acids is 1. The summed E-state index contributed by atoms with van der Waals surface area (Å²) in [7, 11) is 0. The molecule has 0 amide bonds. The molecule has 5 fully saturated rings. The van der Waals surface area contributed by atoms with Crippen molar-refractivity contribution in [3.05, 3.63) is 11.8 Å². The Morgan fingerprint density at radius 1 is 0.972 bits per heavy atom. The summed E-state index contributed by atoms with van der Waals surface area (Å²) < 4.78 is 0. The number of rotatable bonds is 2. The number of aliphatic hydroxyl groups excluding tert-OH is 1. The van der Waals surface area contributed by atoms with Crippen LogP contribution in [0.15, 0.2) is 11.8 Å². The van der Waals surface area contributed by atoms with E-state index in [4.69, 9.17) is 0 Å². The van der Waals surface area contributed by atoms with Gasteiger partial charge in [-0.25, -0.2) is 0 Å². The second-order valence-electron chi connectivity index (χ2n) is 13.5. The van der Waals surface area contributed by atoms with Crippen molar-refractivity contribution >= 4 is 17.5 Å². The summed E-state index contributed by atoms with van der Waals surface area (Å²) in [4.78, 5) is 38.8. The lowest BCUT2D eigenvalue weighted by Crippen LogP contribution is -2.64. The number of carboxylic acid groups (broad SMARTS) is 1. The van der Waals surface area contributed by atoms with Crippen molar-refractivity contribution in [1.29, 1.82) is 0 Å². The quantitative estimate of drug-likeness (QED) is 0.315. The van der Waals surface area contributed by atoms with E-state index in [0.717, 1.165) is 51.2 Å². The first-order valence-corrected chi connectivity index (χ1v) is 14.6. The van der Waals surface area contributed by atoms with Crippen LogP contribution < -0.4 is 0 Å². The fraction of sp³-hybridized carbons (Fsp3) is 0.839. The lowest BCUT2D eigenvalue weighted by atomic mass is 9.36. The molecule has 0 aromatic rings. The molecule has 0 aliphatic heterocycles. The number of fused-ring (bicyclic) bond motifs is 7. The van der Waals surface area contributed by atoms with Crippen LogP contribution in [-0.4, -0.2) is 27.7 Å². The smallest absolute Gasteiger partial charge is 0.303 e. The molecule has 0 aromatic heterocycles. The maximum absolute atomic E-state index is 14.1. The van der Waals surface area contributed by atoms with Crippen molar-refractivity contribution < 1.29 is 24.6 Å². The zero-order chi connectivity index (χ0) is 26.6. The number of carbonyl (C=O) groups excluding carboxylic acids is 2.